The van der Waals surface area contributed by atoms with E-state index >= 15 is 0 Å². The molecule has 1 atom stereocenters. The summed E-state index contributed by atoms with van der Waals surface area (Å²) in [7, 11) is -3.61. The molecule has 140 valence electrons. The van der Waals surface area contributed by atoms with Crippen molar-refractivity contribution >= 4 is 27.5 Å². The highest BCUT2D eigenvalue weighted by Crippen LogP contribution is 2.26. The van der Waals surface area contributed by atoms with Gasteiger partial charge in [0.15, 0.2) is 0 Å². The summed E-state index contributed by atoms with van der Waals surface area (Å²) in [6, 6.07) is 5.11. The van der Waals surface area contributed by atoms with E-state index in [1.165, 1.54) is 4.31 Å². The Hall–Kier alpha value is -1.15. The number of carbonyl (C=O) groups excluding carboxylic acids is 1. The highest BCUT2D eigenvalue weighted by molar-refractivity contribution is 7.89. The molecule has 2 rings (SSSR count). The molecule has 0 aromatic heterocycles. The molecule has 6 nitrogen and oxygen atoms in total. The van der Waals surface area contributed by atoms with E-state index in [9.17, 15) is 13.2 Å². The van der Waals surface area contributed by atoms with Gasteiger partial charge in [-0.15, -0.1) is 0 Å². The zero-order valence-electron chi connectivity index (χ0n) is 15.0. The van der Waals surface area contributed by atoms with Crippen molar-refractivity contribution in [3.8, 4) is 0 Å². The van der Waals surface area contributed by atoms with Crippen molar-refractivity contribution in [3.63, 3.8) is 0 Å². The summed E-state index contributed by atoms with van der Waals surface area (Å²) in [4.78, 5) is 14.1. The number of rotatable bonds is 6. The van der Waals surface area contributed by atoms with Crippen LogP contribution in [0.15, 0.2) is 23.1 Å². The molecular formula is C17H26ClN3O3S. The van der Waals surface area contributed by atoms with Crippen molar-refractivity contribution in [3.05, 3.63) is 28.8 Å². The fraction of sp³-hybridized carbons (Fsp3) is 0.588. The van der Waals surface area contributed by atoms with Crippen molar-refractivity contribution in [2.24, 2.45) is 0 Å². The van der Waals surface area contributed by atoms with Crippen LogP contribution >= 0.6 is 11.6 Å². The number of sulfonamides is 1. The molecule has 8 heteroatoms. The summed E-state index contributed by atoms with van der Waals surface area (Å²) >= 11 is 6.12. The van der Waals surface area contributed by atoms with Crippen LogP contribution in [0.5, 0.6) is 0 Å². The molecule has 1 heterocycles. The van der Waals surface area contributed by atoms with Crippen molar-refractivity contribution in [2.75, 3.05) is 32.7 Å². The summed E-state index contributed by atoms with van der Waals surface area (Å²) in [5.41, 5.74) is 0.918. The molecule has 0 bridgehead atoms. The monoisotopic (exact) mass is 387 g/mol. The third kappa shape index (κ3) is 5.17. The van der Waals surface area contributed by atoms with Gasteiger partial charge >= 0.3 is 0 Å². The number of carbonyl (C=O) groups is 1. The largest absolute Gasteiger partial charge is 0.353 e. The van der Waals surface area contributed by atoms with E-state index in [1.54, 1.807) is 18.2 Å². The van der Waals surface area contributed by atoms with Crippen LogP contribution in [0.2, 0.25) is 5.02 Å². The first-order chi connectivity index (χ1) is 11.7. The molecule has 1 aliphatic rings. The Labute approximate surface area is 155 Å². The molecule has 1 aromatic carbocycles. The third-order valence-corrected chi connectivity index (χ3v) is 6.80. The number of aryl methyl sites for hydroxylation is 1. The number of amides is 1. The van der Waals surface area contributed by atoms with Crippen LogP contribution < -0.4 is 5.32 Å². The number of piperazine rings is 1. The lowest BCUT2D eigenvalue weighted by atomic mass is 10.2. The Morgan fingerprint density at radius 3 is 2.48 bits per heavy atom. The molecule has 25 heavy (non-hydrogen) atoms. The average Bonchev–Trinajstić information content (AvgIpc) is 2.54. The van der Waals surface area contributed by atoms with E-state index in [0.717, 1.165) is 12.0 Å². The van der Waals surface area contributed by atoms with E-state index in [-0.39, 0.29) is 21.9 Å². The number of nitrogens with one attached hydrogen (secondary N) is 1. The summed E-state index contributed by atoms with van der Waals surface area (Å²) < 4.78 is 27.0. The fourth-order valence-corrected chi connectivity index (χ4v) is 4.70. The lowest BCUT2D eigenvalue weighted by Gasteiger charge is -2.33. The number of benzene rings is 1. The molecule has 0 spiro atoms. The molecule has 1 fully saturated rings. The molecule has 0 aliphatic carbocycles. The predicted octanol–water partition coefficient (Wildman–Crippen LogP) is 1.87. The minimum atomic E-state index is -3.61. The number of halogens is 1. The minimum absolute atomic E-state index is 0.0211. The first-order valence-corrected chi connectivity index (χ1v) is 10.3. The molecule has 1 saturated heterocycles. The Balaban J connectivity index is 1.96. The zero-order valence-corrected chi connectivity index (χ0v) is 16.5. The Morgan fingerprint density at radius 1 is 1.28 bits per heavy atom. The highest BCUT2D eigenvalue weighted by atomic mass is 35.5. The maximum absolute atomic E-state index is 12.8. The second-order valence-electron chi connectivity index (χ2n) is 6.49. The van der Waals surface area contributed by atoms with Gasteiger partial charge in [0.2, 0.25) is 15.9 Å². The number of hydrogen-bond donors (Lipinski definition) is 1. The lowest BCUT2D eigenvalue weighted by Crippen LogP contribution is -2.51. The van der Waals surface area contributed by atoms with E-state index in [0.29, 0.717) is 32.7 Å². The maximum atomic E-state index is 12.8. The van der Waals surface area contributed by atoms with Gasteiger partial charge in [-0.2, -0.15) is 4.31 Å². The van der Waals surface area contributed by atoms with Gasteiger partial charge in [-0.25, -0.2) is 8.42 Å². The Kier molecular flexibility index (Phi) is 6.85. The van der Waals surface area contributed by atoms with Gasteiger partial charge in [-0.1, -0.05) is 24.6 Å². The third-order valence-electron chi connectivity index (χ3n) is 4.42. The maximum Gasteiger partial charge on any atom is 0.244 e. The predicted molar refractivity (Wildman–Crippen MR) is 99.3 cm³/mol. The second kappa shape index (κ2) is 8.49. The molecule has 0 saturated carbocycles. The van der Waals surface area contributed by atoms with E-state index in [4.69, 9.17) is 11.6 Å². The van der Waals surface area contributed by atoms with Gasteiger partial charge in [0.05, 0.1) is 11.6 Å². The quantitative estimate of drug-likeness (QED) is 0.809. The molecule has 1 unspecified atom stereocenters. The van der Waals surface area contributed by atoms with Gasteiger partial charge < -0.3 is 5.32 Å². The molecule has 1 aromatic rings. The lowest BCUT2D eigenvalue weighted by molar-refractivity contribution is -0.123. The number of nitrogens with zero attached hydrogens (tertiary/aromatic N) is 2. The van der Waals surface area contributed by atoms with Gasteiger partial charge in [0.1, 0.15) is 4.90 Å². The Morgan fingerprint density at radius 2 is 1.92 bits per heavy atom. The van der Waals surface area contributed by atoms with Crippen LogP contribution in [0, 0.1) is 6.92 Å². The summed E-state index contributed by atoms with van der Waals surface area (Å²) in [6.07, 6.45) is 0.884. The van der Waals surface area contributed by atoms with Gasteiger partial charge in [0.25, 0.3) is 0 Å². The highest BCUT2D eigenvalue weighted by Gasteiger charge is 2.30. The van der Waals surface area contributed by atoms with Crippen LogP contribution in [0.3, 0.4) is 0 Å². The van der Waals surface area contributed by atoms with Crippen LogP contribution in [0.4, 0.5) is 0 Å². The van der Waals surface area contributed by atoms with Crippen LogP contribution in [0.1, 0.15) is 25.8 Å². The van der Waals surface area contributed by atoms with Crippen LogP contribution in [-0.4, -0.2) is 62.3 Å². The summed E-state index contributed by atoms with van der Waals surface area (Å²) in [5, 5.41) is 3.17. The van der Waals surface area contributed by atoms with Crippen molar-refractivity contribution in [1.82, 2.24) is 14.5 Å². The summed E-state index contributed by atoms with van der Waals surface area (Å²) in [6.45, 7) is 7.90. The average molecular weight is 388 g/mol. The van der Waals surface area contributed by atoms with Gasteiger partial charge in [0, 0.05) is 32.2 Å². The molecule has 1 N–H and O–H groups in total. The minimum Gasteiger partial charge on any atom is -0.353 e. The van der Waals surface area contributed by atoms with Crippen molar-refractivity contribution in [1.29, 1.82) is 0 Å². The summed E-state index contributed by atoms with van der Waals surface area (Å²) in [5.74, 6) is -0.0211. The number of hydrogen-bond acceptors (Lipinski definition) is 4. The smallest absolute Gasteiger partial charge is 0.244 e. The van der Waals surface area contributed by atoms with Crippen LogP contribution in [-0.2, 0) is 14.8 Å². The zero-order chi connectivity index (χ0) is 18.6. The topological polar surface area (TPSA) is 69.7 Å². The SMILES string of the molecule is CCC(C)NC(=O)CN1CCN(S(=O)(=O)c2ccc(C)cc2Cl)CC1. The van der Waals surface area contributed by atoms with Gasteiger partial charge in [-0.3, -0.25) is 9.69 Å². The van der Waals surface area contributed by atoms with Crippen LogP contribution in [0.25, 0.3) is 0 Å². The van der Waals surface area contributed by atoms with E-state index < -0.39 is 10.0 Å². The molecule has 1 aliphatic heterocycles. The first kappa shape index (κ1) is 20.2. The fourth-order valence-electron chi connectivity index (χ4n) is 2.71. The van der Waals surface area contributed by atoms with E-state index in [1.807, 2.05) is 25.7 Å². The molecule has 1 amide bonds. The van der Waals surface area contributed by atoms with Gasteiger partial charge in [-0.05, 0) is 38.0 Å². The second-order valence-corrected chi connectivity index (χ2v) is 8.80. The normalized spacial score (nSPS) is 18.1. The molecule has 0 radical (unpaired) electrons. The van der Waals surface area contributed by atoms with Crippen molar-refractivity contribution in [2.45, 2.75) is 38.1 Å². The molecular weight excluding hydrogens is 362 g/mol. The Bertz CT molecular complexity index is 716. The first-order valence-electron chi connectivity index (χ1n) is 8.52. The van der Waals surface area contributed by atoms with E-state index in [2.05, 4.69) is 5.32 Å². The van der Waals surface area contributed by atoms with Crippen molar-refractivity contribution < 1.29 is 13.2 Å². The standard InChI is InChI=1S/C17H26ClN3O3S/c1-4-14(3)19-17(22)12-20-7-9-21(10-8-20)25(23,24)16-6-5-13(2)11-15(16)18/h5-6,11,14H,4,7-10,12H2,1-3H3,(H,19,22).